The molecule has 0 saturated carbocycles. The van der Waals surface area contributed by atoms with Gasteiger partial charge in [-0.3, -0.25) is 0 Å². The minimum atomic E-state index is -0.890. The second-order valence-electron chi connectivity index (χ2n) is 7.26. The Kier molecular flexibility index (Phi) is 10.8. The van der Waals surface area contributed by atoms with Crippen LogP contribution in [-0.4, -0.2) is 36.6 Å². The molecular weight excluding hydrogens is 274 g/mol. The fraction of sp³-hybridized carbons (Fsp3) is 0.947. The third-order valence-corrected chi connectivity index (χ3v) is 5.53. The van der Waals surface area contributed by atoms with Crippen LogP contribution >= 0.6 is 0 Å². The van der Waals surface area contributed by atoms with Crippen LogP contribution < -0.4 is 5.11 Å². The number of hydrogen-bond acceptors (Lipinski definition) is 2. The Hall–Kier alpha value is -0.570. The molecule has 0 amide bonds. The molecule has 0 rings (SSSR count). The first-order valence-electron chi connectivity index (χ1n) is 9.42. The van der Waals surface area contributed by atoms with Gasteiger partial charge < -0.3 is 14.4 Å². The summed E-state index contributed by atoms with van der Waals surface area (Å²) in [6.45, 7) is 7.11. The first-order chi connectivity index (χ1) is 10.4. The minimum absolute atomic E-state index is 0.541. The lowest BCUT2D eigenvalue weighted by atomic mass is 9.88. The Balaban J connectivity index is 4.04. The molecule has 0 radical (unpaired) electrons. The van der Waals surface area contributed by atoms with E-state index in [1.54, 1.807) is 0 Å². The van der Waals surface area contributed by atoms with Gasteiger partial charge in [0.1, 0.15) is 11.5 Å². The topological polar surface area (TPSA) is 40.1 Å². The van der Waals surface area contributed by atoms with Crippen LogP contribution in [0.25, 0.3) is 0 Å². The fourth-order valence-electron chi connectivity index (χ4n) is 3.67. The SMILES string of the molecule is CCCCCCCCCCC[N+](C)(C)C(CC)(CC)C(=O)[O-]. The average Bonchev–Trinajstić information content (AvgIpc) is 2.46. The average molecular weight is 314 g/mol. The summed E-state index contributed by atoms with van der Waals surface area (Å²) < 4.78 is 0.541. The molecule has 0 fully saturated rings. The van der Waals surface area contributed by atoms with Crippen molar-refractivity contribution < 1.29 is 14.4 Å². The summed E-state index contributed by atoms with van der Waals surface area (Å²) in [6.07, 6.45) is 13.0. The number of hydrogen-bond donors (Lipinski definition) is 0. The van der Waals surface area contributed by atoms with Crippen LogP contribution in [0.5, 0.6) is 0 Å². The summed E-state index contributed by atoms with van der Waals surface area (Å²) in [5.74, 6) is -0.890. The van der Waals surface area contributed by atoms with Crippen molar-refractivity contribution in [2.75, 3.05) is 20.6 Å². The van der Waals surface area contributed by atoms with Gasteiger partial charge in [-0.1, -0.05) is 65.7 Å². The lowest BCUT2D eigenvalue weighted by Crippen LogP contribution is -2.67. The fourth-order valence-corrected chi connectivity index (χ4v) is 3.67. The maximum Gasteiger partial charge on any atom is 0.138 e. The van der Waals surface area contributed by atoms with Crippen molar-refractivity contribution in [2.24, 2.45) is 0 Å². The lowest BCUT2D eigenvalue weighted by molar-refractivity contribution is -0.935. The zero-order chi connectivity index (χ0) is 17.1. The van der Waals surface area contributed by atoms with Gasteiger partial charge in [-0.25, -0.2) is 0 Å². The highest BCUT2D eigenvalue weighted by Gasteiger charge is 2.43. The van der Waals surface area contributed by atoms with E-state index in [2.05, 4.69) is 6.92 Å². The molecule has 0 spiro atoms. The predicted octanol–water partition coefficient (Wildman–Crippen LogP) is 3.90. The third kappa shape index (κ3) is 6.28. The number of aliphatic carboxylic acids is 1. The van der Waals surface area contributed by atoms with Crippen molar-refractivity contribution in [2.45, 2.75) is 96.9 Å². The highest BCUT2D eigenvalue weighted by atomic mass is 16.4. The van der Waals surface area contributed by atoms with Crippen molar-refractivity contribution in [1.29, 1.82) is 0 Å². The van der Waals surface area contributed by atoms with Gasteiger partial charge in [-0.2, -0.15) is 0 Å². The molecule has 3 nitrogen and oxygen atoms in total. The Morgan fingerprint density at radius 2 is 1.23 bits per heavy atom. The van der Waals surface area contributed by atoms with Gasteiger partial charge in [-0.15, -0.1) is 0 Å². The van der Waals surface area contributed by atoms with Gasteiger partial charge in [0.15, 0.2) is 0 Å². The number of nitrogens with zero attached hydrogens (tertiary/aromatic N) is 1. The number of carbonyl (C=O) groups is 1. The lowest BCUT2D eigenvalue weighted by Gasteiger charge is -2.49. The molecule has 3 heteroatoms. The molecule has 0 N–H and O–H groups in total. The highest BCUT2D eigenvalue weighted by molar-refractivity contribution is 5.75. The number of carboxylic acid groups (broad SMARTS) is 1. The number of quaternary nitrogens is 1. The van der Waals surface area contributed by atoms with Crippen molar-refractivity contribution in [3.05, 3.63) is 0 Å². The normalized spacial score (nSPS) is 12.6. The van der Waals surface area contributed by atoms with Crippen LogP contribution in [0.4, 0.5) is 0 Å². The van der Waals surface area contributed by atoms with E-state index in [1.807, 2.05) is 27.9 Å². The van der Waals surface area contributed by atoms with E-state index in [0.29, 0.717) is 17.3 Å². The molecular formula is C19H39NO2. The molecule has 0 saturated heterocycles. The minimum Gasteiger partial charge on any atom is -0.544 e. The smallest absolute Gasteiger partial charge is 0.138 e. The van der Waals surface area contributed by atoms with E-state index in [-0.39, 0.29) is 0 Å². The van der Waals surface area contributed by atoms with Gasteiger partial charge in [0, 0.05) is 12.8 Å². The predicted molar refractivity (Wildman–Crippen MR) is 92.5 cm³/mol. The Labute approximate surface area is 138 Å². The van der Waals surface area contributed by atoms with Crippen molar-refractivity contribution in [3.63, 3.8) is 0 Å². The Morgan fingerprint density at radius 1 is 0.818 bits per heavy atom. The van der Waals surface area contributed by atoms with E-state index in [4.69, 9.17) is 0 Å². The maximum atomic E-state index is 11.7. The molecule has 132 valence electrons. The van der Waals surface area contributed by atoms with Crippen LogP contribution in [0, 0.1) is 0 Å². The summed E-state index contributed by atoms with van der Waals surface area (Å²) >= 11 is 0. The van der Waals surface area contributed by atoms with Crippen LogP contribution in [0.3, 0.4) is 0 Å². The zero-order valence-electron chi connectivity index (χ0n) is 15.7. The molecule has 0 aliphatic carbocycles. The first kappa shape index (κ1) is 21.4. The number of rotatable bonds is 14. The number of carbonyl (C=O) groups excluding carboxylic acids is 1. The van der Waals surface area contributed by atoms with Crippen molar-refractivity contribution in [1.82, 2.24) is 0 Å². The van der Waals surface area contributed by atoms with Crippen LogP contribution in [-0.2, 0) is 4.79 Å². The second kappa shape index (κ2) is 11.0. The first-order valence-corrected chi connectivity index (χ1v) is 9.42. The van der Waals surface area contributed by atoms with Crippen LogP contribution in [0.2, 0.25) is 0 Å². The summed E-state index contributed by atoms with van der Waals surface area (Å²) in [4.78, 5) is 11.7. The van der Waals surface area contributed by atoms with E-state index in [9.17, 15) is 9.90 Å². The molecule has 0 atom stereocenters. The Morgan fingerprint density at radius 3 is 1.59 bits per heavy atom. The van der Waals surface area contributed by atoms with E-state index in [1.165, 1.54) is 51.4 Å². The maximum absolute atomic E-state index is 11.7. The number of likely N-dealkylation sites (N-methyl/N-ethyl adjacent to an activating group) is 1. The monoisotopic (exact) mass is 313 g/mol. The van der Waals surface area contributed by atoms with Crippen LogP contribution in [0.15, 0.2) is 0 Å². The second-order valence-corrected chi connectivity index (χ2v) is 7.26. The summed E-state index contributed by atoms with van der Waals surface area (Å²) in [5, 5.41) is 11.7. The quantitative estimate of drug-likeness (QED) is 0.360. The van der Waals surface area contributed by atoms with Gasteiger partial charge >= 0.3 is 0 Å². The molecule has 0 aliphatic rings. The summed E-state index contributed by atoms with van der Waals surface area (Å²) in [5.41, 5.74) is -0.736. The van der Waals surface area contributed by atoms with Crippen molar-refractivity contribution in [3.8, 4) is 0 Å². The molecule has 0 aromatic carbocycles. The highest BCUT2D eigenvalue weighted by Crippen LogP contribution is 2.29. The molecule has 0 unspecified atom stereocenters. The molecule has 22 heavy (non-hydrogen) atoms. The largest absolute Gasteiger partial charge is 0.544 e. The molecule has 0 aliphatic heterocycles. The van der Waals surface area contributed by atoms with Gasteiger partial charge in [0.2, 0.25) is 0 Å². The Bertz CT molecular complexity index is 296. The molecule has 0 aromatic rings. The molecule has 0 aromatic heterocycles. The molecule has 0 heterocycles. The summed E-state index contributed by atoms with van der Waals surface area (Å²) in [7, 11) is 4.10. The van der Waals surface area contributed by atoms with E-state index in [0.717, 1.165) is 13.0 Å². The number of unbranched alkanes of at least 4 members (excludes halogenated alkanes) is 8. The van der Waals surface area contributed by atoms with Gasteiger partial charge in [0.25, 0.3) is 0 Å². The van der Waals surface area contributed by atoms with E-state index < -0.39 is 11.5 Å². The third-order valence-electron chi connectivity index (χ3n) is 5.53. The number of carboxylic acids is 1. The van der Waals surface area contributed by atoms with Gasteiger partial charge in [0.05, 0.1) is 20.6 Å². The van der Waals surface area contributed by atoms with E-state index >= 15 is 0 Å². The standard InChI is InChI=1S/C19H39NO2/c1-6-9-10-11-12-13-14-15-16-17-20(4,5)19(7-2,8-3)18(21)22/h6-17H2,1-5H3. The molecule has 0 bridgehead atoms. The van der Waals surface area contributed by atoms with Gasteiger partial charge in [-0.05, 0) is 12.8 Å². The van der Waals surface area contributed by atoms with Crippen LogP contribution in [0.1, 0.15) is 91.4 Å². The zero-order valence-corrected chi connectivity index (χ0v) is 15.7. The van der Waals surface area contributed by atoms with Crippen molar-refractivity contribution >= 4 is 5.97 Å². The summed E-state index contributed by atoms with van der Waals surface area (Å²) in [6, 6.07) is 0.